The second-order valence-electron chi connectivity index (χ2n) is 3.85. The molecule has 0 aliphatic rings. The van der Waals surface area contributed by atoms with Gasteiger partial charge in [-0.25, -0.2) is 9.97 Å². The van der Waals surface area contributed by atoms with Gasteiger partial charge in [-0.15, -0.1) is 0 Å². The van der Waals surface area contributed by atoms with E-state index >= 15 is 0 Å². The molecule has 0 aliphatic carbocycles. The molecule has 0 fully saturated rings. The molecule has 0 bridgehead atoms. The van der Waals surface area contributed by atoms with Crippen LogP contribution >= 0.6 is 0 Å². The van der Waals surface area contributed by atoms with Crippen molar-refractivity contribution in [1.82, 2.24) is 9.97 Å². The van der Waals surface area contributed by atoms with Crippen molar-refractivity contribution in [2.75, 3.05) is 0 Å². The molecule has 0 saturated heterocycles. The molecule has 1 aromatic carbocycles. The quantitative estimate of drug-likeness (QED) is 0.743. The van der Waals surface area contributed by atoms with Crippen LogP contribution in [0.2, 0.25) is 0 Å². The van der Waals surface area contributed by atoms with Crippen molar-refractivity contribution in [3.8, 4) is 5.75 Å². The van der Waals surface area contributed by atoms with E-state index in [0.29, 0.717) is 17.0 Å². The van der Waals surface area contributed by atoms with Crippen LogP contribution in [-0.2, 0) is 6.61 Å². The Labute approximate surface area is 105 Å². The molecule has 6 heteroatoms. The Hall–Kier alpha value is -1.92. The van der Waals surface area contributed by atoms with Crippen molar-refractivity contribution in [2.24, 2.45) is 0 Å². The summed E-state index contributed by atoms with van der Waals surface area (Å²) in [5.74, 6) is 1.24. The van der Waals surface area contributed by atoms with Gasteiger partial charge in [0, 0.05) is 12.4 Å². The summed E-state index contributed by atoms with van der Waals surface area (Å²) < 4.78 is 5.52. The number of hydrogen-bond donors (Lipinski definition) is 2. The monoisotopic (exact) mass is 244 g/mol. The second kappa shape index (κ2) is 5.62. The van der Waals surface area contributed by atoms with Crippen molar-refractivity contribution < 1.29 is 14.8 Å². The standard InChI is InChI=1S/C12H13BN2O3/c1-9-7-10(3-4-11(9)13(16)17)18-8-12-14-5-2-6-15-12/h2-7,16-17H,8H2,1H3. The molecule has 1 aromatic heterocycles. The summed E-state index contributed by atoms with van der Waals surface area (Å²) in [6, 6.07) is 6.80. The summed E-state index contributed by atoms with van der Waals surface area (Å²) in [5.41, 5.74) is 1.23. The van der Waals surface area contributed by atoms with E-state index in [0.717, 1.165) is 5.56 Å². The van der Waals surface area contributed by atoms with Gasteiger partial charge in [-0.2, -0.15) is 0 Å². The van der Waals surface area contributed by atoms with Gasteiger partial charge in [-0.1, -0.05) is 6.07 Å². The largest absolute Gasteiger partial charge is 0.488 e. The van der Waals surface area contributed by atoms with Gasteiger partial charge in [0.05, 0.1) is 0 Å². The first-order chi connectivity index (χ1) is 8.66. The molecule has 2 aromatic rings. The number of nitrogens with zero attached hydrogens (tertiary/aromatic N) is 2. The summed E-state index contributed by atoms with van der Waals surface area (Å²) in [7, 11) is -1.46. The molecule has 2 N–H and O–H groups in total. The maximum Gasteiger partial charge on any atom is 0.488 e. The zero-order chi connectivity index (χ0) is 13.0. The number of rotatable bonds is 4. The van der Waals surface area contributed by atoms with Gasteiger partial charge in [0.2, 0.25) is 0 Å². The van der Waals surface area contributed by atoms with Crippen LogP contribution in [0, 0.1) is 6.92 Å². The highest BCUT2D eigenvalue weighted by Gasteiger charge is 2.14. The van der Waals surface area contributed by atoms with Gasteiger partial charge in [0.15, 0.2) is 5.82 Å². The van der Waals surface area contributed by atoms with Crippen LogP contribution in [-0.4, -0.2) is 27.1 Å². The summed E-state index contributed by atoms with van der Waals surface area (Å²) in [6.07, 6.45) is 3.31. The molecular weight excluding hydrogens is 231 g/mol. The van der Waals surface area contributed by atoms with E-state index in [1.54, 1.807) is 43.6 Å². The first-order valence-electron chi connectivity index (χ1n) is 5.52. The van der Waals surface area contributed by atoms with Crippen LogP contribution in [0.15, 0.2) is 36.7 Å². The third-order valence-corrected chi connectivity index (χ3v) is 2.51. The first-order valence-corrected chi connectivity index (χ1v) is 5.52. The molecule has 92 valence electrons. The van der Waals surface area contributed by atoms with Crippen molar-refractivity contribution in [1.29, 1.82) is 0 Å². The highest BCUT2D eigenvalue weighted by atomic mass is 16.5. The summed E-state index contributed by atoms with van der Waals surface area (Å²) in [4.78, 5) is 8.09. The van der Waals surface area contributed by atoms with Gasteiger partial charge in [0.25, 0.3) is 0 Å². The SMILES string of the molecule is Cc1cc(OCc2ncccn2)ccc1B(O)O. The normalized spacial score (nSPS) is 10.2. The molecule has 0 spiro atoms. The fourth-order valence-corrected chi connectivity index (χ4v) is 1.58. The average Bonchev–Trinajstić information content (AvgIpc) is 2.37. The van der Waals surface area contributed by atoms with Crippen LogP contribution in [0.3, 0.4) is 0 Å². The van der Waals surface area contributed by atoms with Gasteiger partial charge >= 0.3 is 7.12 Å². The number of hydrogen-bond acceptors (Lipinski definition) is 5. The molecular formula is C12H13BN2O3. The Morgan fingerprint density at radius 2 is 1.94 bits per heavy atom. The first kappa shape index (κ1) is 12.5. The maximum atomic E-state index is 9.10. The lowest BCUT2D eigenvalue weighted by Crippen LogP contribution is -2.31. The van der Waals surface area contributed by atoms with E-state index < -0.39 is 7.12 Å². The number of ether oxygens (including phenoxy) is 1. The molecule has 0 radical (unpaired) electrons. The minimum absolute atomic E-state index is 0.279. The van der Waals surface area contributed by atoms with E-state index in [9.17, 15) is 0 Å². The van der Waals surface area contributed by atoms with Crippen molar-refractivity contribution in [2.45, 2.75) is 13.5 Å². The molecule has 0 saturated carbocycles. The van der Waals surface area contributed by atoms with Gasteiger partial charge < -0.3 is 14.8 Å². The number of benzene rings is 1. The fourth-order valence-electron chi connectivity index (χ4n) is 1.58. The van der Waals surface area contributed by atoms with Crippen molar-refractivity contribution in [3.05, 3.63) is 48.0 Å². The van der Waals surface area contributed by atoms with Crippen molar-refractivity contribution in [3.63, 3.8) is 0 Å². The number of aromatic nitrogens is 2. The Bertz CT molecular complexity index is 520. The molecule has 0 atom stereocenters. The Kier molecular flexibility index (Phi) is 3.91. The van der Waals surface area contributed by atoms with Crippen LogP contribution in [0.1, 0.15) is 11.4 Å². The fraction of sp³-hybridized carbons (Fsp3) is 0.167. The van der Waals surface area contributed by atoms with Gasteiger partial charge in [-0.3, -0.25) is 0 Å². The molecule has 0 aliphatic heterocycles. The predicted molar refractivity (Wildman–Crippen MR) is 67.4 cm³/mol. The summed E-state index contributed by atoms with van der Waals surface area (Å²) >= 11 is 0. The lowest BCUT2D eigenvalue weighted by Gasteiger charge is -2.09. The number of aryl methyl sites for hydroxylation is 1. The summed E-state index contributed by atoms with van der Waals surface area (Å²) in [6.45, 7) is 2.07. The van der Waals surface area contributed by atoms with E-state index in [4.69, 9.17) is 14.8 Å². The third-order valence-electron chi connectivity index (χ3n) is 2.51. The average molecular weight is 244 g/mol. The molecule has 1 heterocycles. The lowest BCUT2D eigenvalue weighted by molar-refractivity contribution is 0.295. The molecule has 0 amide bonds. The zero-order valence-electron chi connectivity index (χ0n) is 9.95. The maximum absolute atomic E-state index is 9.10. The molecule has 18 heavy (non-hydrogen) atoms. The minimum atomic E-state index is -1.46. The molecule has 5 nitrogen and oxygen atoms in total. The smallest absolute Gasteiger partial charge is 0.486 e. The second-order valence-corrected chi connectivity index (χ2v) is 3.85. The van der Waals surface area contributed by atoms with Gasteiger partial charge in [0.1, 0.15) is 12.4 Å². The topological polar surface area (TPSA) is 75.5 Å². The minimum Gasteiger partial charge on any atom is -0.486 e. The van der Waals surface area contributed by atoms with E-state index in [1.807, 2.05) is 0 Å². The Morgan fingerprint density at radius 3 is 2.56 bits per heavy atom. The van der Waals surface area contributed by atoms with E-state index in [-0.39, 0.29) is 6.61 Å². The Balaban J connectivity index is 2.05. The third kappa shape index (κ3) is 3.06. The molecule has 0 unspecified atom stereocenters. The lowest BCUT2D eigenvalue weighted by atomic mass is 9.77. The molecule has 2 rings (SSSR count). The Morgan fingerprint density at radius 1 is 1.22 bits per heavy atom. The van der Waals surface area contributed by atoms with Crippen LogP contribution < -0.4 is 10.2 Å². The highest BCUT2D eigenvalue weighted by molar-refractivity contribution is 6.59. The highest BCUT2D eigenvalue weighted by Crippen LogP contribution is 2.12. The predicted octanol–water partition coefficient (Wildman–Crippen LogP) is 0.0438. The van der Waals surface area contributed by atoms with Crippen LogP contribution in [0.25, 0.3) is 0 Å². The van der Waals surface area contributed by atoms with Crippen LogP contribution in [0.5, 0.6) is 5.75 Å². The van der Waals surface area contributed by atoms with Crippen LogP contribution in [0.4, 0.5) is 0 Å². The van der Waals surface area contributed by atoms with E-state index in [2.05, 4.69) is 9.97 Å². The van der Waals surface area contributed by atoms with E-state index in [1.165, 1.54) is 0 Å². The summed E-state index contributed by atoms with van der Waals surface area (Å²) in [5, 5.41) is 18.2. The van der Waals surface area contributed by atoms with Crippen molar-refractivity contribution >= 4 is 12.6 Å². The van der Waals surface area contributed by atoms with Gasteiger partial charge in [-0.05, 0) is 36.1 Å². The zero-order valence-corrected chi connectivity index (χ0v) is 9.95.